The van der Waals surface area contributed by atoms with Gasteiger partial charge in [0.15, 0.2) is 0 Å². The zero-order chi connectivity index (χ0) is 12.1. The number of amides is 3. The standard InChI is InChI=1S/C9H10BrN3O2S/c10-5-1-2-7(6(11)3-5)16-4-8(14)13-9(12)15/h1-3H,4,11H2,(H3,12,13,14,15). The molecule has 16 heavy (non-hydrogen) atoms. The minimum absolute atomic E-state index is 0.0920. The van der Waals surface area contributed by atoms with Crippen molar-refractivity contribution in [1.29, 1.82) is 0 Å². The van der Waals surface area contributed by atoms with Crippen LogP contribution in [0, 0.1) is 0 Å². The number of thioether (sulfide) groups is 1. The molecule has 0 aliphatic carbocycles. The molecule has 0 spiro atoms. The second-order valence-electron chi connectivity index (χ2n) is 2.88. The number of imide groups is 1. The number of primary amides is 1. The molecule has 0 heterocycles. The normalized spacial score (nSPS) is 9.81. The molecule has 1 rings (SSSR count). The highest BCUT2D eigenvalue weighted by Gasteiger charge is 2.07. The Labute approximate surface area is 105 Å². The van der Waals surface area contributed by atoms with Gasteiger partial charge in [-0.05, 0) is 18.2 Å². The molecular formula is C9H10BrN3O2S. The van der Waals surface area contributed by atoms with Gasteiger partial charge in [-0.1, -0.05) is 15.9 Å². The van der Waals surface area contributed by atoms with E-state index in [1.54, 1.807) is 12.1 Å². The first-order valence-corrected chi connectivity index (χ1v) is 6.04. The molecule has 1 aromatic rings. The van der Waals surface area contributed by atoms with Gasteiger partial charge in [0, 0.05) is 15.1 Å². The minimum Gasteiger partial charge on any atom is -0.398 e. The van der Waals surface area contributed by atoms with E-state index in [2.05, 4.69) is 15.9 Å². The predicted octanol–water partition coefficient (Wildman–Crippen LogP) is 1.32. The van der Waals surface area contributed by atoms with Gasteiger partial charge in [-0.2, -0.15) is 0 Å². The largest absolute Gasteiger partial charge is 0.398 e. The number of carbonyl (C=O) groups is 2. The van der Waals surface area contributed by atoms with Crippen LogP contribution in [0.25, 0.3) is 0 Å². The van der Waals surface area contributed by atoms with E-state index in [1.807, 2.05) is 11.4 Å². The van der Waals surface area contributed by atoms with Crippen LogP contribution < -0.4 is 16.8 Å². The van der Waals surface area contributed by atoms with Gasteiger partial charge in [0.05, 0.1) is 5.75 Å². The Balaban J connectivity index is 2.54. The number of urea groups is 1. The van der Waals surface area contributed by atoms with Gasteiger partial charge in [0.1, 0.15) is 0 Å². The average Bonchev–Trinajstić information content (AvgIpc) is 2.15. The number of halogens is 1. The first-order chi connectivity index (χ1) is 7.49. The zero-order valence-electron chi connectivity index (χ0n) is 8.20. The summed E-state index contributed by atoms with van der Waals surface area (Å²) in [6.07, 6.45) is 0. The summed E-state index contributed by atoms with van der Waals surface area (Å²) < 4.78 is 0.871. The molecular weight excluding hydrogens is 294 g/mol. The Morgan fingerprint density at radius 3 is 2.69 bits per heavy atom. The fourth-order valence-corrected chi connectivity index (χ4v) is 2.09. The van der Waals surface area contributed by atoms with Crippen molar-refractivity contribution in [1.82, 2.24) is 5.32 Å². The van der Waals surface area contributed by atoms with Gasteiger partial charge in [-0.15, -0.1) is 11.8 Å². The molecule has 5 nitrogen and oxygen atoms in total. The van der Waals surface area contributed by atoms with Crippen molar-refractivity contribution in [2.24, 2.45) is 5.73 Å². The highest BCUT2D eigenvalue weighted by molar-refractivity contribution is 9.10. The summed E-state index contributed by atoms with van der Waals surface area (Å²) in [4.78, 5) is 22.3. The molecule has 0 fully saturated rings. The SMILES string of the molecule is NC(=O)NC(=O)CSc1ccc(Br)cc1N. The second-order valence-corrected chi connectivity index (χ2v) is 4.82. The van der Waals surface area contributed by atoms with Crippen molar-refractivity contribution in [3.05, 3.63) is 22.7 Å². The molecule has 5 N–H and O–H groups in total. The Bertz CT molecular complexity index is 425. The van der Waals surface area contributed by atoms with Crippen molar-refractivity contribution >= 4 is 45.3 Å². The summed E-state index contributed by atoms with van der Waals surface area (Å²) in [5.74, 6) is -0.353. The number of nitrogens with one attached hydrogen (secondary N) is 1. The van der Waals surface area contributed by atoms with Crippen LogP contribution in [0.2, 0.25) is 0 Å². The van der Waals surface area contributed by atoms with Crippen LogP contribution in [-0.4, -0.2) is 17.7 Å². The number of carbonyl (C=O) groups excluding carboxylic acids is 2. The van der Waals surface area contributed by atoms with Gasteiger partial charge in [0.2, 0.25) is 5.91 Å². The number of hydrogen-bond donors (Lipinski definition) is 3. The van der Waals surface area contributed by atoms with Crippen LogP contribution in [-0.2, 0) is 4.79 Å². The molecule has 7 heteroatoms. The molecule has 0 bridgehead atoms. The summed E-state index contributed by atoms with van der Waals surface area (Å²) in [7, 11) is 0. The Kier molecular flexibility index (Phi) is 4.63. The summed E-state index contributed by atoms with van der Waals surface area (Å²) in [6.45, 7) is 0. The summed E-state index contributed by atoms with van der Waals surface area (Å²) >= 11 is 4.52. The van der Waals surface area contributed by atoms with Crippen molar-refractivity contribution < 1.29 is 9.59 Å². The van der Waals surface area contributed by atoms with E-state index >= 15 is 0 Å². The number of rotatable bonds is 3. The summed E-state index contributed by atoms with van der Waals surface area (Å²) in [5.41, 5.74) is 11.1. The van der Waals surface area contributed by atoms with Crippen LogP contribution >= 0.6 is 27.7 Å². The maximum Gasteiger partial charge on any atom is 0.318 e. The zero-order valence-corrected chi connectivity index (χ0v) is 10.6. The second kappa shape index (κ2) is 5.76. The monoisotopic (exact) mass is 303 g/mol. The average molecular weight is 304 g/mol. The van der Waals surface area contributed by atoms with Gasteiger partial charge in [0.25, 0.3) is 0 Å². The lowest BCUT2D eigenvalue weighted by Gasteiger charge is -2.05. The van der Waals surface area contributed by atoms with Crippen molar-refractivity contribution in [2.75, 3.05) is 11.5 Å². The first kappa shape index (κ1) is 12.9. The van der Waals surface area contributed by atoms with E-state index < -0.39 is 11.9 Å². The first-order valence-electron chi connectivity index (χ1n) is 4.26. The third kappa shape index (κ3) is 4.11. The number of nitrogens with two attached hydrogens (primary N) is 2. The van der Waals surface area contributed by atoms with Crippen molar-refractivity contribution in [2.45, 2.75) is 4.90 Å². The van der Waals surface area contributed by atoms with Crippen molar-refractivity contribution in [3.8, 4) is 0 Å². The fourth-order valence-electron chi connectivity index (χ4n) is 0.968. The molecule has 3 amide bonds. The van der Waals surface area contributed by atoms with Gasteiger partial charge < -0.3 is 11.5 Å². The van der Waals surface area contributed by atoms with Gasteiger partial charge >= 0.3 is 6.03 Å². The van der Waals surface area contributed by atoms with E-state index in [4.69, 9.17) is 11.5 Å². The van der Waals surface area contributed by atoms with Crippen LogP contribution in [0.1, 0.15) is 0 Å². The Morgan fingerprint density at radius 2 is 2.12 bits per heavy atom. The van der Waals surface area contributed by atoms with E-state index in [9.17, 15) is 9.59 Å². The molecule has 0 atom stereocenters. The molecule has 0 saturated heterocycles. The fraction of sp³-hybridized carbons (Fsp3) is 0.111. The topological polar surface area (TPSA) is 98.2 Å². The molecule has 0 aliphatic heterocycles. The maximum atomic E-state index is 11.1. The smallest absolute Gasteiger partial charge is 0.318 e. The van der Waals surface area contributed by atoms with Crippen LogP contribution in [0.4, 0.5) is 10.5 Å². The molecule has 0 radical (unpaired) electrons. The molecule has 1 aromatic carbocycles. The molecule has 0 aromatic heterocycles. The molecule has 0 saturated carbocycles. The number of nitrogen functional groups attached to an aromatic ring is 1. The van der Waals surface area contributed by atoms with E-state index in [0.29, 0.717) is 5.69 Å². The summed E-state index contributed by atoms with van der Waals surface area (Å²) in [6, 6.07) is 4.51. The van der Waals surface area contributed by atoms with E-state index in [-0.39, 0.29) is 5.75 Å². The van der Waals surface area contributed by atoms with Gasteiger partial charge in [-0.25, -0.2) is 4.79 Å². The van der Waals surface area contributed by atoms with Crippen molar-refractivity contribution in [3.63, 3.8) is 0 Å². The number of hydrogen-bond acceptors (Lipinski definition) is 4. The maximum absolute atomic E-state index is 11.1. The van der Waals surface area contributed by atoms with E-state index in [0.717, 1.165) is 9.37 Å². The van der Waals surface area contributed by atoms with Gasteiger partial charge in [-0.3, -0.25) is 10.1 Å². The summed E-state index contributed by atoms with van der Waals surface area (Å²) in [5, 5.41) is 1.97. The van der Waals surface area contributed by atoms with Crippen LogP contribution in [0.5, 0.6) is 0 Å². The molecule has 0 aliphatic rings. The van der Waals surface area contributed by atoms with Crippen LogP contribution in [0.15, 0.2) is 27.6 Å². The lowest BCUT2D eigenvalue weighted by Crippen LogP contribution is -2.36. The molecule has 86 valence electrons. The predicted molar refractivity (Wildman–Crippen MR) is 67.0 cm³/mol. The Hall–Kier alpha value is -1.21. The van der Waals surface area contributed by atoms with Crippen LogP contribution in [0.3, 0.4) is 0 Å². The third-order valence-electron chi connectivity index (χ3n) is 1.59. The minimum atomic E-state index is -0.852. The molecule has 0 unspecified atom stereocenters. The third-order valence-corrected chi connectivity index (χ3v) is 3.18. The van der Waals surface area contributed by atoms with E-state index in [1.165, 1.54) is 11.8 Å². The lowest BCUT2D eigenvalue weighted by molar-refractivity contribution is -0.117. The quantitative estimate of drug-likeness (QED) is 0.579. The highest BCUT2D eigenvalue weighted by atomic mass is 79.9. The number of anilines is 1. The lowest BCUT2D eigenvalue weighted by atomic mass is 10.3. The highest BCUT2D eigenvalue weighted by Crippen LogP contribution is 2.27. The Morgan fingerprint density at radius 1 is 1.44 bits per heavy atom. The number of benzene rings is 1.